The number of hydrogen-bond acceptors (Lipinski definition) is 7. The van der Waals surface area contributed by atoms with Gasteiger partial charge in [0.15, 0.2) is 0 Å². The van der Waals surface area contributed by atoms with Gasteiger partial charge in [-0.15, -0.1) is 0 Å². The monoisotopic (exact) mass is 458 g/mol. The van der Waals surface area contributed by atoms with Crippen LogP contribution in [0.15, 0.2) is 70.5 Å². The molecule has 0 unspecified atom stereocenters. The van der Waals surface area contributed by atoms with Crippen molar-refractivity contribution in [3.63, 3.8) is 0 Å². The topological polar surface area (TPSA) is 142 Å². The van der Waals surface area contributed by atoms with E-state index in [0.717, 1.165) is 24.3 Å². The van der Waals surface area contributed by atoms with E-state index < -0.39 is 43.6 Å². The molecule has 0 saturated carbocycles. The standard InChI is InChI=1S/C20H9F3N4O6/c21-20(22,23)11-2-1-3-12(8-11)24-19-15-7-10-6-13(25(28)29)4-5-14(10)18(15)16(26(30)31)9-17(19)27(32)33/h1-9H. The average Bonchev–Trinajstić information content (AvgIpc) is 3.12. The van der Waals surface area contributed by atoms with E-state index in [1.165, 1.54) is 18.2 Å². The number of aliphatic imine (C=N–C) groups is 1. The van der Waals surface area contributed by atoms with Gasteiger partial charge in [-0.2, -0.15) is 13.2 Å². The second-order valence-corrected chi connectivity index (χ2v) is 6.90. The lowest BCUT2D eigenvalue weighted by Crippen LogP contribution is -2.20. The normalized spacial score (nSPS) is 16.2. The van der Waals surface area contributed by atoms with E-state index in [1.807, 2.05) is 0 Å². The Morgan fingerprint density at radius 2 is 1.58 bits per heavy atom. The zero-order valence-corrected chi connectivity index (χ0v) is 16.1. The second-order valence-electron chi connectivity index (χ2n) is 6.90. The van der Waals surface area contributed by atoms with Crippen molar-refractivity contribution in [3.8, 4) is 0 Å². The Morgan fingerprint density at radius 3 is 2.18 bits per heavy atom. The van der Waals surface area contributed by atoms with Crippen molar-refractivity contribution >= 4 is 28.7 Å². The molecule has 0 radical (unpaired) electrons. The van der Waals surface area contributed by atoms with Crippen molar-refractivity contribution in [1.29, 1.82) is 0 Å². The minimum absolute atomic E-state index is 0.0683. The Bertz CT molecular complexity index is 1390. The van der Waals surface area contributed by atoms with E-state index in [4.69, 9.17) is 0 Å². The molecule has 0 aliphatic heterocycles. The maximum atomic E-state index is 13.1. The van der Waals surface area contributed by atoms with E-state index in [-0.39, 0.29) is 33.6 Å². The molecule has 4 rings (SSSR count). The molecule has 0 bridgehead atoms. The van der Waals surface area contributed by atoms with Gasteiger partial charge in [0.05, 0.1) is 37.7 Å². The molecule has 0 heterocycles. The molecule has 0 N–H and O–H groups in total. The minimum atomic E-state index is -4.68. The summed E-state index contributed by atoms with van der Waals surface area (Å²) in [5.41, 5.74) is -3.22. The van der Waals surface area contributed by atoms with Crippen molar-refractivity contribution in [2.75, 3.05) is 0 Å². The Hall–Kier alpha value is -4.68. The van der Waals surface area contributed by atoms with Crippen LogP contribution in [-0.2, 0) is 6.18 Å². The number of nitrogens with zero attached hydrogens (tertiary/aromatic N) is 4. The predicted molar refractivity (Wildman–Crippen MR) is 109 cm³/mol. The summed E-state index contributed by atoms with van der Waals surface area (Å²) in [5.74, 6) is 0. The van der Waals surface area contributed by atoms with Gasteiger partial charge in [-0.1, -0.05) is 6.07 Å². The Kier molecular flexibility index (Phi) is 4.88. The Morgan fingerprint density at radius 1 is 0.848 bits per heavy atom. The number of allylic oxidation sites excluding steroid dienone is 3. The van der Waals surface area contributed by atoms with Crippen LogP contribution in [0.1, 0.15) is 16.7 Å². The smallest absolute Gasteiger partial charge is 0.258 e. The molecule has 0 fully saturated rings. The summed E-state index contributed by atoms with van der Waals surface area (Å²) < 4.78 is 39.2. The molecule has 10 nitrogen and oxygen atoms in total. The van der Waals surface area contributed by atoms with Gasteiger partial charge in [0, 0.05) is 17.7 Å². The third kappa shape index (κ3) is 3.75. The number of benzene rings is 2. The molecule has 0 aromatic heterocycles. The maximum Gasteiger partial charge on any atom is 0.416 e. The Balaban J connectivity index is 1.97. The van der Waals surface area contributed by atoms with Gasteiger partial charge in [0.1, 0.15) is 5.71 Å². The minimum Gasteiger partial charge on any atom is -0.258 e. The van der Waals surface area contributed by atoms with E-state index >= 15 is 0 Å². The van der Waals surface area contributed by atoms with E-state index in [2.05, 4.69) is 4.99 Å². The molecule has 0 amide bonds. The highest BCUT2D eigenvalue weighted by Crippen LogP contribution is 2.44. The van der Waals surface area contributed by atoms with Crippen LogP contribution in [-0.4, -0.2) is 20.5 Å². The molecular formula is C20H9F3N4O6. The van der Waals surface area contributed by atoms with E-state index in [1.54, 1.807) is 0 Å². The van der Waals surface area contributed by atoms with Gasteiger partial charge in [-0.05, 0) is 41.5 Å². The van der Waals surface area contributed by atoms with Crippen LogP contribution >= 0.6 is 0 Å². The van der Waals surface area contributed by atoms with Crippen LogP contribution in [0.4, 0.5) is 24.5 Å². The fourth-order valence-electron chi connectivity index (χ4n) is 3.54. The van der Waals surface area contributed by atoms with Gasteiger partial charge < -0.3 is 0 Å². The predicted octanol–water partition coefficient (Wildman–Crippen LogP) is 4.95. The van der Waals surface area contributed by atoms with Crippen molar-refractivity contribution < 1.29 is 27.9 Å². The van der Waals surface area contributed by atoms with E-state index in [0.29, 0.717) is 12.1 Å². The maximum absolute atomic E-state index is 13.1. The lowest BCUT2D eigenvalue weighted by Gasteiger charge is -2.14. The zero-order valence-electron chi connectivity index (χ0n) is 16.1. The molecule has 166 valence electrons. The van der Waals surface area contributed by atoms with Crippen LogP contribution < -0.4 is 0 Å². The highest BCUT2D eigenvalue weighted by molar-refractivity contribution is 6.28. The quantitative estimate of drug-likeness (QED) is 0.469. The van der Waals surface area contributed by atoms with Gasteiger partial charge in [0.25, 0.3) is 11.4 Å². The summed E-state index contributed by atoms with van der Waals surface area (Å²) >= 11 is 0. The van der Waals surface area contributed by atoms with Gasteiger partial charge in [-0.25, -0.2) is 4.99 Å². The summed E-state index contributed by atoms with van der Waals surface area (Å²) in [4.78, 5) is 36.0. The van der Waals surface area contributed by atoms with Gasteiger partial charge in [0.2, 0.25) is 0 Å². The van der Waals surface area contributed by atoms with E-state index in [9.17, 15) is 43.5 Å². The SMILES string of the molecule is O=[N+]([O-])C1=CC([N+](=O)[O-])=C2C(=Cc3cc([N+](=O)[O-])ccc32)C1=Nc1cccc(C(F)(F)F)c1. The average molecular weight is 458 g/mol. The van der Waals surface area contributed by atoms with Crippen molar-refractivity contribution in [2.45, 2.75) is 6.18 Å². The first kappa shape index (κ1) is 21.5. The first-order chi connectivity index (χ1) is 15.5. The fourth-order valence-corrected chi connectivity index (χ4v) is 3.54. The number of rotatable bonds is 4. The number of nitro groups is 3. The van der Waals surface area contributed by atoms with Gasteiger partial charge >= 0.3 is 11.9 Å². The molecule has 2 aliphatic rings. The highest BCUT2D eigenvalue weighted by Gasteiger charge is 2.41. The van der Waals surface area contributed by atoms with Gasteiger partial charge in [-0.3, -0.25) is 30.3 Å². The largest absolute Gasteiger partial charge is 0.416 e. The first-order valence-electron chi connectivity index (χ1n) is 8.99. The molecule has 0 spiro atoms. The van der Waals surface area contributed by atoms with Crippen LogP contribution in [0.2, 0.25) is 0 Å². The molecule has 0 saturated heterocycles. The molecule has 13 heteroatoms. The number of fused-ring (bicyclic) bond motifs is 3. The molecule has 2 aromatic rings. The summed E-state index contributed by atoms with van der Waals surface area (Å²) in [5, 5.41) is 34.4. The molecule has 0 atom stereocenters. The number of nitro benzene ring substituents is 1. The molecule has 33 heavy (non-hydrogen) atoms. The lowest BCUT2D eigenvalue weighted by atomic mass is 9.91. The molecular weight excluding hydrogens is 449 g/mol. The summed E-state index contributed by atoms with van der Waals surface area (Å²) in [6.45, 7) is 0. The van der Waals surface area contributed by atoms with Crippen molar-refractivity contribution in [3.05, 3.63) is 113 Å². The summed E-state index contributed by atoms with van der Waals surface area (Å²) in [6, 6.07) is 7.28. The second kappa shape index (κ2) is 7.47. The Labute approximate surface area is 181 Å². The number of alkyl halides is 3. The van der Waals surface area contributed by atoms with Crippen LogP contribution in [0.3, 0.4) is 0 Å². The highest BCUT2D eigenvalue weighted by atomic mass is 19.4. The third-order valence-corrected chi connectivity index (χ3v) is 4.92. The summed E-state index contributed by atoms with van der Waals surface area (Å²) in [7, 11) is 0. The first-order valence-corrected chi connectivity index (χ1v) is 8.99. The zero-order chi connectivity index (χ0) is 24.1. The number of hydrogen-bond donors (Lipinski definition) is 0. The molecule has 2 aromatic carbocycles. The van der Waals surface area contributed by atoms with Crippen LogP contribution in [0.25, 0.3) is 11.6 Å². The number of non-ortho nitro benzene ring substituents is 1. The fraction of sp³-hybridized carbons (Fsp3) is 0.0500. The summed E-state index contributed by atoms with van der Waals surface area (Å²) in [6.07, 6.45) is -2.75. The molecule has 2 aliphatic carbocycles. The lowest BCUT2D eigenvalue weighted by molar-refractivity contribution is -0.428. The van der Waals surface area contributed by atoms with Crippen molar-refractivity contribution in [1.82, 2.24) is 0 Å². The van der Waals surface area contributed by atoms with Crippen LogP contribution in [0.5, 0.6) is 0 Å². The third-order valence-electron chi connectivity index (χ3n) is 4.92. The van der Waals surface area contributed by atoms with Crippen LogP contribution in [0, 0.1) is 30.3 Å². The number of halogens is 3. The van der Waals surface area contributed by atoms with Crippen molar-refractivity contribution in [2.24, 2.45) is 4.99 Å².